The summed E-state index contributed by atoms with van der Waals surface area (Å²) in [5.74, 6) is 0.908. The maximum atomic E-state index is 10.1. The van der Waals surface area contributed by atoms with E-state index in [0.717, 1.165) is 0 Å². The van der Waals surface area contributed by atoms with Crippen LogP contribution in [0.4, 0.5) is 4.79 Å². The summed E-state index contributed by atoms with van der Waals surface area (Å²) in [4.78, 5) is 10.1. The molecule has 0 unspecified atom stereocenters. The molecule has 6 nitrogen and oxygen atoms in total. The van der Waals surface area contributed by atoms with Gasteiger partial charge in [-0.3, -0.25) is 0 Å². The number of nitrogens with one attached hydrogen (secondary N) is 1. The van der Waals surface area contributed by atoms with Crippen molar-refractivity contribution in [3.05, 3.63) is 10.2 Å². The third-order valence-electron chi connectivity index (χ3n) is 1.49. The number of carboxylic acid groups (broad SMARTS) is 1. The molecule has 0 aromatic carbocycles. The van der Waals surface area contributed by atoms with Crippen molar-refractivity contribution in [2.45, 2.75) is 6.42 Å². The van der Waals surface area contributed by atoms with Crippen molar-refractivity contribution in [1.29, 1.82) is 0 Å². The van der Waals surface area contributed by atoms with Gasteiger partial charge in [-0.25, -0.2) is 4.79 Å². The quantitative estimate of drug-likeness (QED) is 0.855. The summed E-state index contributed by atoms with van der Waals surface area (Å²) >= 11 is 3.22. The minimum Gasteiger partial charge on any atom is -0.478 e. The van der Waals surface area contributed by atoms with Gasteiger partial charge < -0.3 is 19.7 Å². The lowest BCUT2D eigenvalue weighted by Gasteiger charge is -1.97. The largest absolute Gasteiger partial charge is 0.478 e. The first-order valence-corrected chi connectivity index (χ1v) is 4.59. The van der Waals surface area contributed by atoms with E-state index in [1.807, 2.05) is 0 Å². The normalized spacial score (nSPS) is 9.86. The number of nitrogens with zero attached hydrogens (tertiary/aromatic N) is 1. The summed E-state index contributed by atoms with van der Waals surface area (Å²) in [6.45, 7) is 0.270. The Morgan fingerprint density at radius 3 is 3.00 bits per heavy atom. The SMILES string of the molecule is COc1noc(CCNC(=O)O)c1Br. The van der Waals surface area contributed by atoms with Gasteiger partial charge in [-0.1, -0.05) is 0 Å². The average molecular weight is 265 g/mol. The number of methoxy groups -OCH3 is 1. The van der Waals surface area contributed by atoms with Crippen LogP contribution in [0.15, 0.2) is 9.00 Å². The fourth-order valence-corrected chi connectivity index (χ4v) is 1.37. The Hall–Kier alpha value is -1.24. The van der Waals surface area contributed by atoms with E-state index in [4.69, 9.17) is 14.4 Å². The van der Waals surface area contributed by atoms with Crippen LogP contribution in [0.5, 0.6) is 5.88 Å². The molecule has 1 amide bonds. The van der Waals surface area contributed by atoms with E-state index in [9.17, 15) is 4.79 Å². The number of halogens is 1. The van der Waals surface area contributed by atoms with Gasteiger partial charge in [-0.15, -0.1) is 0 Å². The van der Waals surface area contributed by atoms with Gasteiger partial charge in [0, 0.05) is 13.0 Å². The van der Waals surface area contributed by atoms with Gasteiger partial charge in [-0.2, -0.15) is 0 Å². The van der Waals surface area contributed by atoms with Gasteiger partial charge in [0.1, 0.15) is 4.47 Å². The number of aromatic nitrogens is 1. The highest BCUT2D eigenvalue weighted by Crippen LogP contribution is 2.27. The molecule has 1 rings (SSSR count). The zero-order valence-electron chi connectivity index (χ0n) is 7.41. The molecule has 0 aliphatic rings. The maximum absolute atomic E-state index is 10.1. The zero-order valence-corrected chi connectivity index (χ0v) is 9.00. The van der Waals surface area contributed by atoms with E-state index < -0.39 is 6.09 Å². The molecule has 1 aromatic rings. The Bertz CT molecular complexity index is 325. The standard InChI is InChI=1S/C7H9BrN2O4/c1-13-6-5(8)4(14-10-6)2-3-9-7(11)12/h9H,2-3H2,1H3,(H,11,12). The molecule has 0 atom stereocenters. The molecule has 0 aliphatic carbocycles. The minimum atomic E-state index is -1.06. The molecule has 2 N–H and O–H groups in total. The third-order valence-corrected chi connectivity index (χ3v) is 2.27. The molecule has 7 heteroatoms. The molecular formula is C7H9BrN2O4. The van der Waals surface area contributed by atoms with Gasteiger partial charge in [0.05, 0.1) is 7.11 Å². The lowest BCUT2D eigenvalue weighted by atomic mass is 10.3. The van der Waals surface area contributed by atoms with Crippen LogP contribution in [0, 0.1) is 0 Å². The topological polar surface area (TPSA) is 84.6 Å². The van der Waals surface area contributed by atoms with Crippen molar-refractivity contribution >= 4 is 22.0 Å². The minimum absolute atomic E-state index is 0.270. The van der Waals surface area contributed by atoms with Crippen molar-refractivity contribution in [2.75, 3.05) is 13.7 Å². The van der Waals surface area contributed by atoms with Gasteiger partial charge in [-0.05, 0) is 21.1 Å². The van der Waals surface area contributed by atoms with E-state index in [1.165, 1.54) is 7.11 Å². The first-order valence-electron chi connectivity index (χ1n) is 3.80. The molecule has 0 saturated carbocycles. The van der Waals surface area contributed by atoms with Crippen molar-refractivity contribution in [2.24, 2.45) is 0 Å². The Morgan fingerprint density at radius 2 is 2.50 bits per heavy atom. The van der Waals surface area contributed by atoms with E-state index >= 15 is 0 Å². The van der Waals surface area contributed by atoms with Crippen LogP contribution in [0.3, 0.4) is 0 Å². The zero-order chi connectivity index (χ0) is 10.6. The van der Waals surface area contributed by atoms with Crippen LogP contribution in [-0.2, 0) is 6.42 Å². The first-order chi connectivity index (χ1) is 6.65. The maximum Gasteiger partial charge on any atom is 0.404 e. The van der Waals surface area contributed by atoms with Crippen molar-refractivity contribution in [3.63, 3.8) is 0 Å². The Labute approximate surface area is 88.3 Å². The molecular weight excluding hydrogens is 256 g/mol. The van der Waals surface area contributed by atoms with Crippen LogP contribution in [-0.4, -0.2) is 30.0 Å². The molecule has 78 valence electrons. The van der Waals surface area contributed by atoms with Crippen LogP contribution in [0.1, 0.15) is 5.76 Å². The molecule has 0 fully saturated rings. The van der Waals surface area contributed by atoms with Gasteiger partial charge in [0.15, 0.2) is 5.76 Å². The highest BCUT2D eigenvalue weighted by atomic mass is 79.9. The highest BCUT2D eigenvalue weighted by molar-refractivity contribution is 9.10. The Balaban J connectivity index is 2.50. The van der Waals surface area contributed by atoms with E-state index in [-0.39, 0.29) is 6.54 Å². The Morgan fingerprint density at radius 1 is 1.79 bits per heavy atom. The van der Waals surface area contributed by atoms with Crippen LogP contribution < -0.4 is 10.1 Å². The molecule has 0 aliphatic heterocycles. The van der Waals surface area contributed by atoms with Crippen molar-refractivity contribution in [3.8, 4) is 5.88 Å². The summed E-state index contributed by atoms with van der Waals surface area (Å²) < 4.78 is 10.4. The summed E-state index contributed by atoms with van der Waals surface area (Å²) in [5, 5.41) is 14.1. The summed E-state index contributed by atoms with van der Waals surface area (Å²) in [7, 11) is 1.47. The fraction of sp³-hybridized carbons (Fsp3) is 0.429. The third kappa shape index (κ3) is 2.63. The number of amides is 1. The van der Waals surface area contributed by atoms with Gasteiger partial charge in [0.2, 0.25) is 0 Å². The second-order valence-corrected chi connectivity index (χ2v) is 3.20. The van der Waals surface area contributed by atoms with Crippen LogP contribution >= 0.6 is 15.9 Å². The van der Waals surface area contributed by atoms with Gasteiger partial charge >= 0.3 is 6.09 Å². The predicted octanol–water partition coefficient (Wildman–Crippen LogP) is 1.26. The summed E-state index contributed by atoms with van der Waals surface area (Å²) in [6, 6.07) is 0. The second kappa shape index (κ2) is 4.85. The lowest BCUT2D eigenvalue weighted by molar-refractivity contribution is 0.194. The number of hydrogen-bond donors (Lipinski definition) is 2. The van der Waals surface area contributed by atoms with Gasteiger partial charge in [0.25, 0.3) is 5.88 Å². The molecule has 0 saturated heterocycles. The van der Waals surface area contributed by atoms with E-state index in [0.29, 0.717) is 22.5 Å². The molecule has 14 heavy (non-hydrogen) atoms. The number of ether oxygens (including phenoxy) is 1. The Kier molecular flexibility index (Phi) is 3.75. The molecule has 1 aromatic heterocycles. The molecule has 0 spiro atoms. The fourth-order valence-electron chi connectivity index (χ4n) is 0.861. The molecule has 1 heterocycles. The first kappa shape index (κ1) is 10.8. The summed E-state index contributed by atoms with van der Waals surface area (Å²) in [5.41, 5.74) is 0. The number of rotatable bonds is 4. The van der Waals surface area contributed by atoms with Crippen molar-refractivity contribution < 1.29 is 19.2 Å². The van der Waals surface area contributed by atoms with E-state index in [1.54, 1.807) is 0 Å². The average Bonchev–Trinajstić information content (AvgIpc) is 2.47. The highest BCUT2D eigenvalue weighted by Gasteiger charge is 2.13. The monoisotopic (exact) mass is 264 g/mol. The van der Waals surface area contributed by atoms with E-state index in [2.05, 4.69) is 26.4 Å². The smallest absolute Gasteiger partial charge is 0.404 e. The lowest BCUT2D eigenvalue weighted by Crippen LogP contribution is -2.23. The molecule has 0 radical (unpaired) electrons. The number of hydrogen-bond acceptors (Lipinski definition) is 4. The number of carbonyl (C=O) groups is 1. The molecule has 0 bridgehead atoms. The summed E-state index contributed by atoms with van der Waals surface area (Å²) in [6.07, 6.45) is -0.643. The van der Waals surface area contributed by atoms with Crippen molar-refractivity contribution in [1.82, 2.24) is 10.5 Å². The predicted molar refractivity (Wildman–Crippen MR) is 50.5 cm³/mol. The second-order valence-electron chi connectivity index (χ2n) is 2.41. The van der Waals surface area contributed by atoms with Crippen LogP contribution in [0.2, 0.25) is 0 Å². The van der Waals surface area contributed by atoms with Crippen LogP contribution in [0.25, 0.3) is 0 Å².